The van der Waals surface area contributed by atoms with Gasteiger partial charge in [-0.3, -0.25) is 0 Å². The molecule has 3 nitrogen and oxygen atoms in total. The van der Waals surface area contributed by atoms with Crippen LogP contribution in [-0.2, 0) is 11.2 Å². The van der Waals surface area contributed by atoms with Crippen molar-refractivity contribution in [2.24, 2.45) is 5.92 Å². The molecule has 142 valence electrons. The summed E-state index contributed by atoms with van der Waals surface area (Å²) in [7, 11) is 2.08. The molecule has 0 spiro atoms. The van der Waals surface area contributed by atoms with Crippen LogP contribution in [0, 0.1) is 5.92 Å². The predicted octanol–water partition coefficient (Wildman–Crippen LogP) is 4.29. The van der Waals surface area contributed by atoms with E-state index < -0.39 is 0 Å². The highest BCUT2D eigenvalue weighted by Crippen LogP contribution is 2.29. The van der Waals surface area contributed by atoms with Gasteiger partial charge in [-0.2, -0.15) is 0 Å². The monoisotopic (exact) mass is 347 g/mol. The van der Waals surface area contributed by atoms with Crippen LogP contribution in [0.2, 0.25) is 0 Å². The van der Waals surface area contributed by atoms with Crippen LogP contribution in [0.5, 0.6) is 0 Å². The first-order valence-corrected chi connectivity index (χ1v) is 10.2. The van der Waals surface area contributed by atoms with Crippen molar-refractivity contribution in [3.05, 3.63) is 35.9 Å². The van der Waals surface area contributed by atoms with Crippen molar-refractivity contribution in [1.29, 1.82) is 0 Å². The predicted molar refractivity (Wildman–Crippen MR) is 105 cm³/mol. The Bertz CT molecular complexity index is 429. The Kier molecular flexibility index (Phi) is 10.2. The molecule has 1 aromatic rings. The van der Waals surface area contributed by atoms with Gasteiger partial charge in [0.25, 0.3) is 0 Å². The number of hydrogen-bond donors (Lipinski definition) is 1. The molecule has 0 amide bonds. The molecule has 0 unspecified atom stereocenters. The molecule has 1 N–H and O–H groups in total. The standard InChI is InChI=1S/C22H37NO2/c1-23(16-17-24)15-7-2-3-8-18-25-22-13-11-21(12-14-22)19-20-9-5-4-6-10-20/h4-6,9-10,21-22,24H,2-3,7-8,11-19H2,1H3. The first-order chi connectivity index (χ1) is 12.3. The molecule has 2 rings (SSSR count). The number of hydrogen-bond acceptors (Lipinski definition) is 3. The van der Waals surface area contributed by atoms with Gasteiger partial charge in [-0.15, -0.1) is 0 Å². The Morgan fingerprint density at radius 2 is 1.68 bits per heavy atom. The summed E-state index contributed by atoms with van der Waals surface area (Å²) in [6.07, 6.45) is 11.8. The molecule has 0 aliphatic heterocycles. The highest BCUT2D eigenvalue weighted by molar-refractivity contribution is 5.15. The van der Waals surface area contributed by atoms with E-state index in [0.29, 0.717) is 6.10 Å². The topological polar surface area (TPSA) is 32.7 Å². The Morgan fingerprint density at radius 3 is 2.40 bits per heavy atom. The molecule has 1 aliphatic rings. The van der Waals surface area contributed by atoms with E-state index in [1.165, 1.54) is 63.4 Å². The van der Waals surface area contributed by atoms with Gasteiger partial charge in [-0.05, 0) is 70.0 Å². The van der Waals surface area contributed by atoms with Crippen molar-refractivity contribution in [2.75, 3.05) is 33.4 Å². The van der Waals surface area contributed by atoms with Gasteiger partial charge in [0, 0.05) is 13.2 Å². The summed E-state index contributed by atoms with van der Waals surface area (Å²) in [5.41, 5.74) is 1.48. The third kappa shape index (κ3) is 8.84. The molecule has 0 aromatic heterocycles. The molecule has 25 heavy (non-hydrogen) atoms. The van der Waals surface area contributed by atoms with Gasteiger partial charge >= 0.3 is 0 Å². The Labute approximate surface area is 154 Å². The minimum atomic E-state index is 0.262. The second-order valence-electron chi connectivity index (χ2n) is 7.64. The summed E-state index contributed by atoms with van der Waals surface area (Å²) >= 11 is 0. The van der Waals surface area contributed by atoms with Crippen LogP contribution in [0.15, 0.2) is 30.3 Å². The van der Waals surface area contributed by atoms with Crippen molar-refractivity contribution in [3.8, 4) is 0 Å². The number of benzene rings is 1. The number of rotatable bonds is 12. The second-order valence-corrected chi connectivity index (χ2v) is 7.64. The lowest BCUT2D eigenvalue weighted by atomic mass is 9.83. The van der Waals surface area contributed by atoms with Gasteiger partial charge in [0.1, 0.15) is 0 Å². The second kappa shape index (κ2) is 12.5. The van der Waals surface area contributed by atoms with Crippen molar-refractivity contribution in [1.82, 2.24) is 4.90 Å². The van der Waals surface area contributed by atoms with E-state index in [1.807, 2.05) is 0 Å². The normalized spacial score (nSPS) is 20.9. The van der Waals surface area contributed by atoms with E-state index in [4.69, 9.17) is 9.84 Å². The van der Waals surface area contributed by atoms with Crippen LogP contribution < -0.4 is 0 Å². The Balaban J connectivity index is 1.45. The lowest BCUT2D eigenvalue weighted by Crippen LogP contribution is -2.23. The minimum Gasteiger partial charge on any atom is -0.395 e. The zero-order valence-corrected chi connectivity index (χ0v) is 16.0. The molecule has 0 heterocycles. The minimum absolute atomic E-state index is 0.262. The van der Waals surface area contributed by atoms with Crippen molar-refractivity contribution < 1.29 is 9.84 Å². The van der Waals surface area contributed by atoms with E-state index in [0.717, 1.165) is 25.6 Å². The maximum atomic E-state index is 8.87. The smallest absolute Gasteiger partial charge is 0.0575 e. The number of aliphatic hydroxyl groups excluding tert-OH is 1. The lowest BCUT2D eigenvalue weighted by molar-refractivity contribution is 0.0161. The third-order valence-electron chi connectivity index (χ3n) is 5.43. The summed E-state index contributed by atoms with van der Waals surface area (Å²) in [5.74, 6) is 0.846. The van der Waals surface area contributed by atoms with E-state index >= 15 is 0 Å². The van der Waals surface area contributed by atoms with Gasteiger partial charge in [0.15, 0.2) is 0 Å². The highest BCUT2D eigenvalue weighted by atomic mass is 16.5. The van der Waals surface area contributed by atoms with Crippen LogP contribution in [0.1, 0.15) is 56.9 Å². The lowest BCUT2D eigenvalue weighted by Gasteiger charge is -2.28. The molecule has 1 aliphatic carbocycles. The Morgan fingerprint density at radius 1 is 0.960 bits per heavy atom. The van der Waals surface area contributed by atoms with E-state index in [9.17, 15) is 0 Å². The van der Waals surface area contributed by atoms with Crippen LogP contribution in [0.3, 0.4) is 0 Å². The molecule has 0 atom stereocenters. The molecule has 0 bridgehead atoms. The fraction of sp³-hybridized carbons (Fsp3) is 0.727. The number of unbranched alkanes of at least 4 members (excludes halogenated alkanes) is 3. The quantitative estimate of drug-likeness (QED) is 0.573. The molecule has 1 aromatic carbocycles. The van der Waals surface area contributed by atoms with Gasteiger partial charge in [0.05, 0.1) is 12.7 Å². The van der Waals surface area contributed by atoms with Crippen LogP contribution in [0.4, 0.5) is 0 Å². The molecule has 0 saturated heterocycles. The fourth-order valence-electron chi connectivity index (χ4n) is 3.82. The highest BCUT2D eigenvalue weighted by Gasteiger charge is 2.21. The molecule has 1 fully saturated rings. The molecular formula is C22H37NO2. The number of aliphatic hydroxyl groups is 1. The van der Waals surface area contributed by atoms with Gasteiger partial charge in [0.2, 0.25) is 0 Å². The van der Waals surface area contributed by atoms with E-state index in [2.05, 4.69) is 42.3 Å². The summed E-state index contributed by atoms with van der Waals surface area (Å²) in [5, 5.41) is 8.87. The van der Waals surface area contributed by atoms with Gasteiger partial charge in [-0.25, -0.2) is 0 Å². The summed E-state index contributed by atoms with van der Waals surface area (Å²) in [4.78, 5) is 2.20. The molecular weight excluding hydrogens is 310 g/mol. The molecule has 0 radical (unpaired) electrons. The summed E-state index contributed by atoms with van der Waals surface area (Å²) < 4.78 is 6.10. The van der Waals surface area contributed by atoms with Crippen molar-refractivity contribution in [2.45, 2.75) is 63.9 Å². The van der Waals surface area contributed by atoms with Crippen LogP contribution >= 0.6 is 0 Å². The zero-order chi connectivity index (χ0) is 17.7. The van der Waals surface area contributed by atoms with Gasteiger partial charge < -0.3 is 14.7 Å². The number of likely N-dealkylation sites (N-methyl/N-ethyl adjacent to an activating group) is 1. The van der Waals surface area contributed by atoms with E-state index in [1.54, 1.807) is 0 Å². The molecule has 1 saturated carbocycles. The third-order valence-corrected chi connectivity index (χ3v) is 5.43. The van der Waals surface area contributed by atoms with Crippen LogP contribution in [-0.4, -0.2) is 49.5 Å². The maximum Gasteiger partial charge on any atom is 0.0575 e. The van der Waals surface area contributed by atoms with Gasteiger partial charge in [-0.1, -0.05) is 43.2 Å². The largest absolute Gasteiger partial charge is 0.395 e. The number of nitrogens with zero attached hydrogens (tertiary/aromatic N) is 1. The van der Waals surface area contributed by atoms with E-state index in [-0.39, 0.29) is 6.61 Å². The molecule has 3 heteroatoms. The summed E-state index contributed by atoms with van der Waals surface area (Å²) in [6.45, 7) is 3.07. The number of ether oxygens (including phenoxy) is 1. The van der Waals surface area contributed by atoms with Crippen LogP contribution in [0.25, 0.3) is 0 Å². The summed E-state index contributed by atoms with van der Waals surface area (Å²) in [6, 6.07) is 10.9. The van der Waals surface area contributed by atoms with Crippen molar-refractivity contribution in [3.63, 3.8) is 0 Å². The Hall–Kier alpha value is -0.900. The average Bonchev–Trinajstić information content (AvgIpc) is 2.63. The zero-order valence-electron chi connectivity index (χ0n) is 16.0. The first-order valence-electron chi connectivity index (χ1n) is 10.2. The fourth-order valence-corrected chi connectivity index (χ4v) is 3.82. The maximum absolute atomic E-state index is 8.87. The SMILES string of the molecule is CN(CCO)CCCCCCOC1CCC(Cc2ccccc2)CC1. The van der Waals surface area contributed by atoms with Crippen molar-refractivity contribution >= 4 is 0 Å². The average molecular weight is 348 g/mol. The first kappa shape index (κ1) is 20.4.